The van der Waals surface area contributed by atoms with Crippen molar-refractivity contribution in [3.63, 3.8) is 0 Å². The summed E-state index contributed by atoms with van der Waals surface area (Å²) in [6, 6.07) is 6.25. The van der Waals surface area contributed by atoms with Gasteiger partial charge in [-0.1, -0.05) is 38.5 Å². The molecule has 88 valence electrons. The van der Waals surface area contributed by atoms with Crippen LogP contribution in [0.25, 0.3) is 0 Å². The summed E-state index contributed by atoms with van der Waals surface area (Å²) in [6.07, 6.45) is 3.23. The standard InChI is InChI=1S/C14H20O2/c1-4-7-12-8-6-9-13(14(12)5-2)10-16-11(3)15/h6,8-9H,4-5,7,10H2,1-3H3. The van der Waals surface area contributed by atoms with Crippen molar-refractivity contribution in [1.29, 1.82) is 0 Å². The van der Waals surface area contributed by atoms with Crippen LogP contribution in [-0.2, 0) is 29.0 Å². The average molecular weight is 220 g/mol. The molecule has 1 aromatic carbocycles. The molecule has 0 aliphatic heterocycles. The summed E-state index contributed by atoms with van der Waals surface area (Å²) in [6.45, 7) is 6.17. The Kier molecular flexibility index (Phi) is 5.03. The number of hydrogen-bond donors (Lipinski definition) is 0. The first kappa shape index (κ1) is 12.8. The third-order valence-electron chi connectivity index (χ3n) is 2.67. The fraction of sp³-hybridized carbons (Fsp3) is 0.500. The van der Waals surface area contributed by atoms with E-state index in [1.54, 1.807) is 0 Å². The van der Waals surface area contributed by atoms with Crippen LogP contribution < -0.4 is 0 Å². The SMILES string of the molecule is CCCc1cccc(COC(C)=O)c1CC. The normalized spacial score (nSPS) is 10.2. The molecule has 0 unspecified atom stereocenters. The van der Waals surface area contributed by atoms with Gasteiger partial charge in [0.2, 0.25) is 0 Å². The third-order valence-corrected chi connectivity index (χ3v) is 2.67. The molecule has 0 fully saturated rings. The van der Waals surface area contributed by atoms with Crippen LogP contribution in [-0.4, -0.2) is 5.97 Å². The highest BCUT2D eigenvalue weighted by Crippen LogP contribution is 2.18. The fourth-order valence-electron chi connectivity index (χ4n) is 1.96. The molecule has 0 aliphatic carbocycles. The van der Waals surface area contributed by atoms with E-state index < -0.39 is 0 Å². The van der Waals surface area contributed by atoms with Gasteiger partial charge in [0.15, 0.2) is 0 Å². The number of hydrogen-bond acceptors (Lipinski definition) is 2. The van der Waals surface area contributed by atoms with Crippen molar-refractivity contribution in [1.82, 2.24) is 0 Å². The van der Waals surface area contributed by atoms with Crippen LogP contribution in [0.15, 0.2) is 18.2 Å². The Morgan fingerprint density at radius 1 is 1.25 bits per heavy atom. The Bertz CT molecular complexity index is 356. The number of esters is 1. The number of rotatable bonds is 5. The lowest BCUT2D eigenvalue weighted by atomic mass is 9.96. The van der Waals surface area contributed by atoms with E-state index in [2.05, 4.69) is 19.9 Å². The Morgan fingerprint density at radius 3 is 2.50 bits per heavy atom. The van der Waals surface area contributed by atoms with Gasteiger partial charge in [0, 0.05) is 6.92 Å². The van der Waals surface area contributed by atoms with E-state index in [0.717, 1.165) is 24.8 Å². The molecule has 0 bridgehead atoms. The largest absolute Gasteiger partial charge is 0.461 e. The molecule has 16 heavy (non-hydrogen) atoms. The van der Waals surface area contributed by atoms with Gasteiger partial charge in [-0.25, -0.2) is 0 Å². The molecule has 0 amide bonds. The average Bonchev–Trinajstić information content (AvgIpc) is 2.27. The van der Waals surface area contributed by atoms with Gasteiger partial charge in [-0.3, -0.25) is 4.79 Å². The molecule has 0 saturated carbocycles. The molecule has 2 heteroatoms. The van der Waals surface area contributed by atoms with Crippen LogP contribution in [0, 0.1) is 0 Å². The maximum Gasteiger partial charge on any atom is 0.302 e. The smallest absolute Gasteiger partial charge is 0.302 e. The lowest BCUT2D eigenvalue weighted by Gasteiger charge is -2.12. The maximum absolute atomic E-state index is 10.8. The minimum Gasteiger partial charge on any atom is -0.461 e. The first-order valence-corrected chi connectivity index (χ1v) is 5.92. The predicted octanol–water partition coefficient (Wildman–Crippen LogP) is 3.26. The van der Waals surface area contributed by atoms with Crippen molar-refractivity contribution in [3.8, 4) is 0 Å². The molecule has 1 aromatic rings. The molecule has 0 aromatic heterocycles. The van der Waals surface area contributed by atoms with Gasteiger partial charge in [0.25, 0.3) is 0 Å². The third kappa shape index (κ3) is 3.37. The maximum atomic E-state index is 10.8. The second kappa shape index (κ2) is 6.31. The molecule has 0 aliphatic rings. The minimum absolute atomic E-state index is 0.219. The molecule has 0 saturated heterocycles. The van der Waals surface area contributed by atoms with Gasteiger partial charge in [-0.05, 0) is 29.5 Å². The summed E-state index contributed by atoms with van der Waals surface area (Å²) in [5, 5.41) is 0. The molecule has 2 nitrogen and oxygen atoms in total. The van der Waals surface area contributed by atoms with E-state index in [1.165, 1.54) is 18.1 Å². The lowest BCUT2D eigenvalue weighted by molar-refractivity contribution is -0.142. The Balaban J connectivity index is 2.89. The summed E-state index contributed by atoms with van der Waals surface area (Å²) >= 11 is 0. The zero-order chi connectivity index (χ0) is 12.0. The molecule has 0 radical (unpaired) electrons. The topological polar surface area (TPSA) is 26.3 Å². The Morgan fingerprint density at radius 2 is 1.94 bits per heavy atom. The zero-order valence-corrected chi connectivity index (χ0v) is 10.4. The number of carbonyl (C=O) groups is 1. The van der Waals surface area contributed by atoms with Crippen molar-refractivity contribution in [3.05, 3.63) is 34.9 Å². The zero-order valence-electron chi connectivity index (χ0n) is 10.4. The summed E-state index contributed by atoms with van der Waals surface area (Å²) in [7, 11) is 0. The van der Waals surface area contributed by atoms with Crippen LogP contribution in [0.4, 0.5) is 0 Å². The van der Waals surface area contributed by atoms with Crippen molar-refractivity contribution in [2.24, 2.45) is 0 Å². The molecule has 0 atom stereocenters. The highest BCUT2D eigenvalue weighted by Gasteiger charge is 2.07. The Hall–Kier alpha value is -1.31. The van der Waals surface area contributed by atoms with Crippen LogP contribution >= 0.6 is 0 Å². The Labute approximate surface area is 97.6 Å². The van der Waals surface area contributed by atoms with E-state index in [9.17, 15) is 4.79 Å². The predicted molar refractivity (Wildman–Crippen MR) is 65.3 cm³/mol. The summed E-state index contributed by atoms with van der Waals surface area (Å²) < 4.78 is 5.06. The summed E-state index contributed by atoms with van der Waals surface area (Å²) in [4.78, 5) is 10.8. The number of benzene rings is 1. The highest BCUT2D eigenvalue weighted by molar-refractivity contribution is 5.66. The summed E-state index contributed by atoms with van der Waals surface area (Å²) in [5.41, 5.74) is 3.86. The monoisotopic (exact) mass is 220 g/mol. The number of carbonyl (C=O) groups excluding carboxylic acids is 1. The quantitative estimate of drug-likeness (QED) is 0.712. The molecule has 1 rings (SSSR count). The van der Waals surface area contributed by atoms with Gasteiger partial charge >= 0.3 is 5.97 Å². The van der Waals surface area contributed by atoms with Crippen LogP contribution in [0.3, 0.4) is 0 Å². The van der Waals surface area contributed by atoms with Crippen molar-refractivity contribution < 1.29 is 9.53 Å². The van der Waals surface area contributed by atoms with Gasteiger partial charge in [0.1, 0.15) is 6.61 Å². The molecular weight excluding hydrogens is 200 g/mol. The van der Waals surface area contributed by atoms with E-state index in [0.29, 0.717) is 6.61 Å². The number of ether oxygens (including phenoxy) is 1. The minimum atomic E-state index is -0.219. The first-order chi connectivity index (χ1) is 7.69. The molecule has 0 spiro atoms. The van der Waals surface area contributed by atoms with Crippen molar-refractivity contribution >= 4 is 5.97 Å². The highest BCUT2D eigenvalue weighted by atomic mass is 16.5. The molecule has 0 heterocycles. The van der Waals surface area contributed by atoms with E-state index in [1.807, 2.05) is 12.1 Å². The number of aryl methyl sites for hydroxylation is 1. The van der Waals surface area contributed by atoms with Gasteiger partial charge in [0.05, 0.1) is 0 Å². The lowest BCUT2D eigenvalue weighted by Crippen LogP contribution is -2.04. The fourth-order valence-corrected chi connectivity index (χ4v) is 1.96. The van der Waals surface area contributed by atoms with Crippen LogP contribution in [0.1, 0.15) is 43.9 Å². The first-order valence-electron chi connectivity index (χ1n) is 5.92. The van der Waals surface area contributed by atoms with E-state index in [4.69, 9.17) is 4.74 Å². The molecular formula is C14H20O2. The van der Waals surface area contributed by atoms with Gasteiger partial charge in [-0.15, -0.1) is 0 Å². The van der Waals surface area contributed by atoms with E-state index >= 15 is 0 Å². The van der Waals surface area contributed by atoms with Gasteiger partial charge in [-0.2, -0.15) is 0 Å². The second-order valence-corrected chi connectivity index (χ2v) is 3.94. The molecule has 0 N–H and O–H groups in total. The second-order valence-electron chi connectivity index (χ2n) is 3.94. The van der Waals surface area contributed by atoms with Crippen LogP contribution in [0.5, 0.6) is 0 Å². The van der Waals surface area contributed by atoms with Gasteiger partial charge < -0.3 is 4.74 Å². The van der Waals surface area contributed by atoms with Crippen LogP contribution in [0.2, 0.25) is 0 Å². The van der Waals surface area contributed by atoms with Crippen molar-refractivity contribution in [2.45, 2.75) is 46.6 Å². The van der Waals surface area contributed by atoms with E-state index in [-0.39, 0.29) is 5.97 Å². The van der Waals surface area contributed by atoms with Crippen molar-refractivity contribution in [2.75, 3.05) is 0 Å². The summed E-state index contributed by atoms with van der Waals surface area (Å²) in [5.74, 6) is -0.219.